The van der Waals surface area contributed by atoms with Gasteiger partial charge >= 0.3 is 0 Å². The van der Waals surface area contributed by atoms with Crippen LogP contribution in [0, 0.1) is 6.92 Å². The van der Waals surface area contributed by atoms with Crippen molar-refractivity contribution < 1.29 is 0 Å². The summed E-state index contributed by atoms with van der Waals surface area (Å²) in [6.45, 7) is 4.30. The van der Waals surface area contributed by atoms with Crippen LogP contribution in [-0.4, -0.2) is 11.0 Å². The minimum absolute atomic E-state index is 0.315. The number of thiocarbonyl (C=S) groups is 1. The van der Waals surface area contributed by atoms with Crippen molar-refractivity contribution in [3.63, 3.8) is 0 Å². The van der Waals surface area contributed by atoms with Gasteiger partial charge in [-0.15, -0.1) is 11.3 Å². The van der Waals surface area contributed by atoms with E-state index < -0.39 is 0 Å². The van der Waals surface area contributed by atoms with Crippen LogP contribution in [0.25, 0.3) is 0 Å². The Labute approximate surface area is 137 Å². The van der Waals surface area contributed by atoms with Crippen LogP contribution in [-0.2, 0) is 6.42 Å². The molecule has 0 amide bonds. The zero-order valence-electron chi connectivity index (χ0n) is 11.4. The van der Waals surface area contributed by atoms with Crippen LogP contribution in [0.3, 0.4) is 0 Å². The number of nitrogens with one attached hydrogen (secondary N) is 1. The first kappa shape index (κ1) is 15.5. The number of aryl methyl sites for hydroxylation is 1. The minimum atomic E-state index is 0.315. The number of hydrogen-bond acceptors (Lipinski definition) is 3. The third-order valence-corrected chi connectivity index (χ3v) is 4.69. The second-order valence-corrected chi connectivity index (χ2v) is 7.54. The number of hydrogen-bond donors (Lipinski definition) is 2. The molecule has 1 aromatic carbocycles. The molecule has 0 bridgehead atoms. The highest BCUT2D eigenvalue weighted by molar-refractivity contribution is 9.10. The van der Waals surface area contributed by atoms with E-state index in [2.05, 4.69) is 47.2 Å². The van der Waals surface area contributed by atoms with Crippen molar-refractivity contribution in [2.45, 2.75) is 26.3 Å². The second-order valence-electron chi connectivity index (χ2n) is 4.82. The fourth-order valence-corrected chi connectivity index (χ4v) is 3.62. The van der Waals surface area contributed by atoms with Crippen molar-refractivity contribution in [1.29, 1.82) is 0 Å². The average Bonchev–Trinajstić information content (AvgIpc) is 2.74. The Morgan fingerprint density at radius 2 is 2.15 bits per heavy atom. The van der Waals surface area contributed by atoms with E-state index in [1.165, 1.54) is 9.75 Å². The number of rotatable bonds is 5. The molecule has 5 heteroatoms. The molecule has 0 aliphatic heterocycles. The van der Waals surface area contributed by atoms with Gasteiger partial charge in [0.25, 0.3) is 0 Å². The predicted octanol–water partition coefficient (Wildman–Crippen LogP) is 4.50. The van der Waals surface area contributed by atoms with Gasteiger partial charge < -0.3 is 11.1 Å². The Bertz CT molecular complexity index is 622. The molecule has 3 N–H and O–H groups in total. The summed E-state index contributed by atoms with van der Waals surface area (Å²) in [4.78, 5) is 3.15. The maximum atomic E-state index is 5.77. The van der Waals surface area contributed by atoms with Crippen molar-refractivity contribution in [3.8, 4) is 0 Å². The molecule has 2 aromatic rings. The Hall–Kier alpha value is -0.910. The summed E-state index contributed by atoms with van der Waals surface area (Å²) in [5.41, 5.74) is 7.64. The van der Waals surface area contributed by atoms with Gasteiger partial charge in [0.15, 0.2) is 0 Å². The van der Waals surface area contributed by atoms with E-state index in [1.54, 1.807) is 0 Å². The first-order valence-electron chi connectivity index (χ1n) is 6.37. The molecule has 2 nitrogen and oxygen atoms in total. The molecular formula is C15H17BrN2S2. The fourth-order valence-electron chi connectivity index (χ4n) is 2.06. The van der Waals surface area contributed by atoms with Crippen LogP contribution in [0.15, 0.2) is 34.8 Å². The van der Waals surface area contributed by atoms with Gasteiger partial charge in [0.2, 0.25) is 0 Å². The van der Waals surface area contributed by atoms with Crippen LogP contribution >= 0.6 is 39.5 Å². The van der Waals surface area contributed by atoms with Crippen molar-refractivity contribution in [3.05, 3.63) is 50.1 Å². The standard InChI is InChI=1S/C15H17BrN2S2/c1-9(7-12-5-3-10(2)20-12)18-14-8-11(16)4-6-13(14)15(17)19/h3-6,8-9,18H,7H2,1-2H3,(H2,17,19). The van der Waals surface area contributed by atoms with Crippen molar-refractivity contribution >= 4 is 50.2 Å². The molecule has 1 atom stereocenters. The summed E-state index contributed by atoms with van der Waals surface area (Å²) in [6.07, 6.45) is 0.988. The molecule has 20 heavy (non-hydrogen) atoms. The molecule has 0 aliphatic carbocycles. The van der Waals surface area contributed by atoms with Gasteiger partial charge in [-0.05, 0) is 44.2 Å². The molecule has 0 aliphatic rings. The van der Waals surface area contributed by atoms with Gasteiger partial charge in [-0.25, -0.2) is 0 Å². The highest BCUT2D eigenvalue weighted by Gasteiger charge is 2.10. The monoisotopic (exact) mass is 368 g/mol. The summed E-state index contributed by atoms with van der Waals surface area (Å²) in [6, 6.07) is 10.6. The minimum Gasteiger partial charge on any atom is -0.389 e. The molecule has 1 unspecified atom stereocenters. The van der Waals surface area contributed by atoms with Gasteiger partial charge in [-0.2, -0.15) is 0 Å². The van der Waals surface area contributed by atoms with Crippen molar-refractivity contribution in [2.24, 2.45) is 5.73 Å². The summed E-state index contributed by atoms with van der Waals surface area (Å²) in [7, 11) is 0. The number of halogens is 1. The van der Waals surface area contributed by atoms with E-state index in [1.807, 2.05) is 29.5 Å². The Morgan fingerprint density at radius 1 is 1.40 bits per heavy atom. The molecule has 0 spiro atoms. The molecule has 1 aromatic heterocycles. The van der Waals surface area contributed by atoms with Gasteiger partial charge in [-0.3, -0.25) is 0 Å². The van der Waals surface area contributed by atoms with Crippen molar-refractivity contribution in [1.82, 2.24) is 0 Å². The summed E-state index contributed by atoms with van der Waals surface area (Å²) >= 11 is 10.4. The number of anilines is 1. The summed E-state index contributed by atoms with van der Waals surface area (Å²) < 4.78 is 1.01. The summed E-state index contributed by atoms with van der Waals surface area (Å²) in [5.74, 6) is 0. The second kappa shape index (κ2) is 6.70. The lowest BCUT2D eigenvalue weighted by molar-refractivity contribution is 0.800. The largest absolute Gasteiger partial charge is 0.389 e. The van der Waals surface area contributed by atoms with Gasteiger partial charge in [-0.1, -0.05) is 28.1 Å². The molecule has 0 saturated heterocycles. The van der Waals surface area contributed by atoms with Crippen molar-refractivity contribution in [2.75, 3.05) is 5.32 Å². The first-order chi connectivity index (χ1) is 9.45. The maximum Gasteiger partial charge on any atom is 0.106 e. The number of nitrogens with two attached hydrogens (primary N) is 1. The Morgan fingerprint density at radius 3 is 2.75 bits per heavy atom. The maximum absolute atomic E-state index is 5.77. The average molecular weight is 369 g/mol. The lowest BCUT2D eigenvalue weighted by Crippen LogP contribution is -2.21. The Kier molecular flexibility index (Phi) is 5.18. The fraction of sp³-hybridized carbons (Fsp3) is 0.267. The smallest absolute Gasteiger partial charge is 0.106 e. The van der Waals surface area contributed by atoms with E-state index in [9.17, 15) is 0 Å². The van der Waals surface area contributed by atoms with E-state index in [-0.39, 0.29) is 0 Å². The van der Waals surface area contributed by atoms with E-state index in [0.29, 0.717) is 11.0 Å². The lowest BCUT2D eigenvalue weighted by atomic mass is 10.1. The molecule has 106 valence electrons. The molecule has 0 radical (unpaired) electrons. The van der Waals surface area contributed by atoms with Crippen LogP contribution in [0.2, 0.25) is 0 Å². The SMILES string of the molecule is Cc1ccc(CC(C)Nc2cc(Br)ccc2C(N)=S)s1. The molecular weight excluding hydrogens is 352 g/mol. The van der Waals surface area contributed by atoms with Gasteiger partial charge in [0.05, 0.1) is 0 Å². The molecule has 1 heterocycles. The van der Waals surface area contributed by atoms with Crippen LogP contribution in [0.4, 0.5) is 5.69 Å². The topological polar surface area (TPSA) is 38.0 Å². The van der Waals surface area contributed by atoms with E-state index in [4.69, 9.17) is 18.0 Å². The van der Waals surface area contributed by atoms with Crippen LogP contribution in [0.5, 0.6) is 0 Å². The molecule has 2 rings (SSSR count). The van der Waals surface area contributed by atoms with E-state index in [0.717, 1.165) is 22.1 Å². The Balaban J connectivity index is 2.12. The third kappa shape index (κ3) is 4.04. The number of benzene rings is 1. The zero-order chi connectivity index (χ0) is 14.7. The van der Waals surface area contributed by atoms with Gasteiger partial charge in [0.1, 0.15) is 4.99 Å². The normalized spacial score (nSPS) is 12.2. The molecule has 0 fully saturated rings. The lowest BCUT2D eigenvalue weighted by Gasteiger charge is -2.17. The summed E-state index contributed by atoms with van der Waals surface area (Å²) in [5, 5.41) is 3.50. The highest BCUT2D eigenvalue weighted by Crippen LogP contribution is 2.24. The predicted molar refractivity (Wildman–Crippen MR) is 95.9 cm³/mol. The highest BCUT2D eigenvalue weighted by atomic mass is 79.9. The number of thiophene rings is 1. The van der Waals surface area contributed by atoms with Gasteiger partial charge in [0, 0.05) is 37.9 Å². The zero-order valence-corrected chi connectivity index (χ0v) is 14.7. The quantitative estimate of drug-likeness (QED) is 0.763. The third-order valence-electron chi connectivity index (χ3n) is 2.95. The molecule has 0 saturated carbocycles. The van der Waals surface area contributed by atoms with E-state index >= 15 is 0 Å². The van der Waals surface area contributed by atoms with Crippen LogP contribution in [0.1, 0.15) is 22.2 Å². The van der Waals surface area contributed by atoms with Crippen LogP contribution < -0.4 is 11.1 Å². The first-order valence-corrected chi connectivity index (χ1v) is 8.38.